The molecule has 192 valence electrons. The monoisotopic (exact) mass is 513 g/mol. The molecule has 2 aromatic rings. The van der Waals surface area contributed by atoms with Crippen LogP contribution in [-0.4, -0.2) is 59.3 Å². The molecule has 0 bridgehead atoms. The number of pyridine rings is 1. The minimum atomic E-state index is -4.64. The lowest BCUT2D eigenvalue weighted by molar-refractivity contribution is -0.137. The second-order valence-corrected chi connectivity index (χ2v) is 11.3. The topological polar surface area (TPSA) is 105 Å². The SMILES string of the molecule is CC(=O)N1CCC(Cc2ncc(C(F)(F)F)c(NCc3cccnc3[C@@H](C)CS(C)(=O)=O)n2)CC1. The second kappa shape index (κ2) is 10.9. The summed E-state index contributed by atoms with van der Waals surface area (Å²) >= 11 is 0. The van der Waals surface area contributed by atoms with Crippen LogP contribution in [0.2, 0.25) is 0 Å². The third-order valence-electron chi connectivity index (χ3n) is 6.07. The van der Waals surface area contributed by atoms with Gasteiger partial charge in [0, 0.05) is 63.2 Å². The lowest BCUT2D eigenvalue weighted by Gasteiger charge is -2.31. The first-order chi connectivity index (χ1) is 16.3. The number of nitrogens with zero attached hydrogens (tertiary/aromatic N) is 4. The summed E-state index contributed by atoms with van der Waals surface area (Å²) in [5, 5.41) is 2.78. The number of amides is 1. The minimum absolute atomic E-state index is 0.00614. The first kappa shape index (κ1) is 26.8. The number of rotatable bonds is 8. The van der Waals surface area contributed by atoms with E-state index >= 15 is 0 Å². The summed E-state index contributed by atoms with van der Waals surface area (Å²) in [7, 11) is -3.26. The second-order valence-electron chi connectivity index (χ2n) is 9.09. The van der Waals surface area contributed by atoms with E-state index in [4.69, 9.17) is 0 Å². The van der Waals surface area contributed by atoms with Gasteiger partial charge in [0.05, 0.1) is 5.75 Å². The molecule has 0 saturated carbocycles. The van der Waals surface area contributed by atoms with E-state index < -0.39 is 27.5 Å². The van der Waals surface area contributed by atoms with Crippen molar-refractivity contribution in [2.24, 2.45) is 5.92 Å². The number of alkyl halides is 3. The molecule has 3 rings (SSSR count). The van der Waals surface area contributed by atoms with Gasteiger partial charge in [0.2, 0.25) is 5.91 Å². The molecule has 1 saturated heterocycles. The Morgan fingerprint density at radius 2 is 1.94 bits per heavy atom. The molecule has 0 aromatic carbocycles. The number of aromatic nitrogens is 3. The van der Waals surface area contributed by atoms with Crippen molar-refractivity contribution in [2.75, 3.05) is 30.4 Å². The molecular weight excluding hydrogens is 483 g/mol. The van der Waals surface area contributed by atoms with Crippen molar-refractivity contribution in [1.82, 2.24) is 19.9 Å². The van der Waals surface area contributed by atoms with Gasteiger partial charge in [-0.25, -0.2) is 18.4 Å². The highest BCUT2D eigenvalue weighted by Crippen LogP contribution is 2.34. The van der Waals surface area contributed by atoms with Crippen molar-refractivity contribution >= 4 is 21.6 Å². The van der Waals surface area contributed by atoms with Crippen LogP contribution in [0.4, 0.5) is 19.0 Å². The van der Waals surface area contributed by atoms with Gasteiger partial charge in [-0.1, -0.05) is 13.0 Å². The summed E-state index contributed by atoms with van der Waals surface area (Å²) in [5.41, 5.74) is 0.126. The quantitative estimate of drug-likeness (QED) is 0.576. The van der Waals surface area contributed by atoms with Crippen molar-refractivity contribution < 1.29 is 26.4 Å². The van der Waals surface area contributed by atoms with Gasteiger partial charge in [0.15, 0.2) is 0 Å². The number of nitrogens with one attached hydrogen (secondary N) is 1. The van der Waals surface area contributed by atoms with Gasteiger partial charge < -0.3 is 10.2 Å². The molecule has 1 fully saturated rings. The molecule has 2 aromatic heterocycles. The number of piperidine rings is 1. The maximum atomic E-state index is 13.6. The Morgan fingerprint density at radius 3 is 2.54 bits per heavy atom. The molecule has 0 aliphatic carbocycles. The average Bonchev–Trinajstić information content (AvgIpc) is 2.76. The Kier molecular flexibility index (Phi) is 8.34. The van der Waals surface area contributed by atoms with Gasteiger partial charge >= 0.3 is 6.18 Å². The molecule has 12 heteroatoms. The molecule has 0 unspecified atom stereocenters. The predicted molar refractivity (Wildman–Crippen MR) is 125 cm³/mol. The Labute approximate surface area is 203 Å². The number of hydrogen-bond donors (Lipinski definition) is 1. The summed E-state index contributed by atoms with van der Waals surface area (Å²) in [5.74, 6) is -0.372. The molecule has 35 heavy (non-hydrogen) atoms. The van der Waals surface area contributed by atoms with Crippen LogP contribution in [0.15, 0.2) is 24.5 Å². The molecule has 1 atom stereocenters. The molecular formula is C23H30F3N5O3S. The summed E-state index contributed by atoms with van der Waals surface area (Å²) in [6, 6.07) is 3.35. The lowest BCUT2D eigenvalue weighted by atomic mass is 9.93. The van der Waals surface area contributed by atoms with Gasteiger partial charge in [-0.05, 0) is 30.4 Å². The van der Waals surface area contributed by atoms with Crippen LogP contribution in [0.25, 0.3) is 0 Å². The van der Waals surface area contributed by atoms with E-state index in [9.17, 15) is 26.4 Å². The average molecular weight is 514 g/mol. The summed E-state index contributed by atoms with van der Waals surface area (Å²) in [6.07, 6.45) is 0.711. The van der Waals surface area contributed by atoms with Crippen molar-refractivity contribution in [3.8, 4) is 0 Å². The summed E-state index contributed by atoms with van der Waals surface area (Å²) in [4.78, 5) is 25.7. The van der Waals surface area contributed by atoms with E-state index in [1.807, 2.05) is 0 Å². The summed E-state index contributed by atoms with van der Waals surface area (Å²) < 4.78 is 64.3. The Hall–Kier alpha value is -2.76. The van der Waals surface area contributed by atoms with E-state index in [1.165, 1.54) is 13.1 Å². The van der Waals surface area contributed by atoms with E-state index in [1.54, 1.807) is 24.0 Å². The number of sulfone groups is 1. The highest BCUT2D eigenvalue weighted by molar-refractivity contribution is 7.90. The maximum Gasteiger partial charge on any atom is 0.421 e. The van der Waals surface area contributed by atoms with E-state index in [-0.39, 0.29) is 29.9 Å². The highest BCUT2D eigenvalue weighted by Gasteiger charge is 2.35. The number of carbonyl (C=O) groups is 1. The van der Waals surface area contributed by atoms with Gasteiger partial charge in [-0.15, -0.1) is 0 Å². The van der Waals surface area contributed by atoms with E-state index in [0.29, 0.717) is 36.6 Å². The molecule has 0 radical (unpaired) electrons. The summed E-state index contributed by atoms with van der Waals surface area (Å²) in [6.45, 7) is 4.46. The van der Waals surface area contributed by atoms with Crippen LogP contribution >= 0.6 is 0 Å². The minimum Gasteiger partial charge on any atom is -0.365 e. The number of hydrogen-bond acceptors (Lipinski definition) is 7. The van der Waals surface area contributed by atoms with Gasteiger partial charge in [0.1, 0.15) is 27.0 Å². The molecule has 0 spiro atoms. The molecule has 1 N–H and O–H groups in total. The van der Waals surface area contributed by atoms with Gasteiger partial charge in [0.25, 0.3) is 0 Å². The first-order valence-corrected chi connectivity index (χ1v) is 13.4. The largest absolute Gasteiger partial charge is 0.421 e. The molecule has 3 heterocycles. The van der Waals surface area contributed by atoms with Crippen LogP contribution in [-0.2, 0) is 33.8 Å². The van der Waals surface area contributed by atoms with Crippen molar-refractivity contribution in [1.29, 1.82) is 0 Å². The normalized spacial score (nSPS) is 16.2. The Balaban J connectivity index is 1.78. The van der Waals surface area contributed by atoms with Crippen LogP contribution in [0.3, 0.4) is 0 Å². The van der Waals surface area contributed by atoms with Crippen LogP contribution < -0.4 is 5.32 Å². The first-order valence-electron chi connectivity index (χ1n) is 11.4. The number of anilines is 1. The Morgan fingerprint density at radius 1 is 1.26 bits per heavy atom. The van der Waals surface area contributed by atoms with Crippen molar-refractivity contribution in [3.05, 3.63) is 47.2 Å². The Bertz CT molecular complexity index is 1150. The highest BCUT2D eigenvalue weighted by atomic mass is 32.2. The zero-order chi connectivity index (χ0) is 25.8. The fourth-order valence-corrected chi connectivity index (χ4v) is 5.39. The fraction of sp³-hybridized carbons (Fsp3) is 0.565. The van der Waals surface area contributed by atoms with Gasteiger partial charge in [-0.2, -0.15) is 13.2 Å². The zero-order valence-corrected chi connectivity index (χ0v) is 20.8. The van der Waals surface area contributed by atoms with Crippen molar-refractivity contribution in [2.45, 2.75) is 51.7 Å². The predicted octanol–water partition coefficient (Wildman–Crippen LogP) is 3.45. The number of halogens is 3. The zero-order valence-electron chi connectivity index (χ0n) is 20.0. The molecule has 1 aliphatic heterocycles. The van der Waals surface area contributed by atoms with Crippen LogP contribution in [0.5, 0.6) is 0 Å². The van der Waals surface area contributed by atoms with E-state index in [2.05, 4.69) is 20.3 Å². The lowest BCUT2D eigenvalue weighted by Crippen LogP contribution is -2.37. The van der Waals surface area contributed by atoms with Gasteiger partial charge in [-0.3, -0.25) is 9.78 Å². The van der Waals surface area contributed by atoms with Crippen molar-refractivity contribution in [3.63, 3.8) is 0 Å². The molecule has 8 nitrogen and oxygen atoms in total. The van der Waals surface area contributed by atoms with Crippen LogP contribution in [0, 0.1) is 5.92 Å². The standard InChI is InChI=1S/C23H30F3N5O3S/c1-15(14-35(3,33)34)21-18(5-4-8-27-21)12-29-22-19(23(24,25)26)13-28-20(30-22)11-17-6-9-31(10-7-17)16(2)32/h4-5,8,13,15,17H,6-7,9-12,14H2,1-3H3,(H,28,29,30)/t15-/m0/s1. The third kappa shape index (κ3) is 7.61. The third-order valence-corrected chi connectivity index (χ3v) is 7.17. The molecule has 1 aliphatic rings. The number of likely N-dealkylation sites (tertiary alicyclic amines) is 1. The van der Waals surface area contributed by atoms with Crippen LogP contribution in [0.1, 0.15) is 55.3 Å². The number of carbonyl (C=O) groups excluding carboxylic acids is 1. The molecule has 1 amide bonds. The van der Waals surface area contributed by atoms with E-state index in [0.717, 1.165) is 25.3 Å². The smallest absolute Gasteiger partial charge is 0.365 e. The maximum absolute atomic E-state index is 13.6. The fourth-order valence-electron chi connectivity index (χ4n) is 4.33.